The Hall–Kier alpha value is -2.70. The monoisotopic (exact) mass is 414 g/mol. The normalized spacial score (nSPS) is 27.2. The molecule has 2 atom stereocenters. The minimum absolute atomic E-state index is 0.0137. The highest BCUT2D eigenvalue weighted by Crippen LogP contribution is 2.48. The zero-order chi connectivity index (χ0) is 21.0. The Balaban J connectivity index is 1.34. The molecule has 7 heteroatoms. The summed E-state index contributed by atoms with van der Waals surface area (Å²) in [5.74, 6) is -2.14. The number of hydrogen-bond acceptors (Lipinski definition) is 4. The number of carboxylic acid groups (broad SMARTS) is 1. The first kappa shape index (κ1) is 19.3. The van der Waals surface area contributed by atoms with Gasteiger partial charge in [-0.05, 0) is 54.2 Å². The summed E-state index contributed by atoms with van der Waals surface area (Å²) in [6.45, 7) is 3.07. The molecule has 1 N–H and O–H groups in total. The van der Waals surface area contributed by atoms with E-state index >= 15 is 0 Å². The lowest BCUT2D eigenvalue weighted by Crippen LogP contribution is -2.34. The summed E-state index contributed by atoms with van der Waals surface area (Å²) >= 11 is 0. The average Bonchev–Trinajstić information content (AvgIpc) is 3.50. The third-order valence-corrected chi connectivity index (χ3v) is 6.57. The molecule has 0 unspecified atom stereocenters. The Labute approximate surface area is 173 Å². The molecule has 0 spiro atoms. The van der Waals surface area contributed by atoms with Crippen LogP contribution in [0.2, 0.25) is 0 Å². The van der Waals surface area contributed by atoms with Crippen LogP contribution in [0.3, 0.4) is 0 Å². The SMILES string of the molecule is CC1CC(Oc2cc(F)c(F)c(N3CCc4cc([C@H]5C[C@@H]5C(=O)O)ccc4C3)n2)C1. The van der Waals surface area contributed by atoms with Gasteiger partial charge in [-0.25, -0.2) is 4.39 Å². The van der Waals surface area contributed by atoms with E-state index in [2.05, 4.69) is 18.0 Å². The topological polar surface area (TPSA) is 62.7 Å². The molecule has 1 aromatic heterocycles. The van der Waals surface area contributed by atoms with Gasteiger partial charge in [-0.3, -0.25) is 4.79 Å². The maximum atomic E-state index is 14.5. The van der Waals surface area contributed by atoms with E-state index in [1.54, 1.807) is 4.90 Å². The van der Waals surface area contributed by atoms with E-state index in [4.69, 9.17) is 9.84 Å². The van der Waals surface area contributed by atoms with Gasteiger partial charge < -0.3 is 14.7 Å². The maximum Gasteiger partial charge on any atom is 0.307 e. The number of benzene rings is 1. The summed E-state index contributed by atoms with van der Waals surface area (Å²) in [5, 5.41) is 9.15. The van der Waals surface area contributed by atoms with Crippen LogP contribution in [0.4, 0.5) is 14.6 Å². The summed E-state index contributed by atoms with van der Waals surface area (Å²) in [6, 6.07) is 7.03. The number of ether oxygens (including phenoxy) is 1. The number of nitrogens with zero attached hydrogens (tertiary/aromatic N) is 2. The number of aromatic nitrogens is 1. The van der Waals surface area contributed by atoms with Crippen LogP contribution in [0.15, 0.2) is 24.3 Å². The molecule has 2 aliphatic carbocycles. The molecule has 0 bridgehead atoms. The number of hydrogen-bond donors (Lipinski definition) is 1. The molecular weight excluding hydrogens is 390 g/mol. The van der Waals surface area contributed by atoms with Crippen molar-refractivity contribution in [3.8, 4) is 5.88 Å². The standard InChI is InChI=1S/C23H24F2N2O3/c1-12-6-16(7-12)30-20-10-19(24)21(25)22(26-20)27-5-4-13-8-14(2-3-15(13)11-27)17-9-18(17)23(28)29/h2-3,8,10,12,16-18H,4-7,9,11H2,1H3,(H,28,29)/t12?,16?,17-,18+/m1/s1. The minimum atomic E-state index is -0.952. The predicted molar refractivity (Wildman–Crippen MR) is 107 cm³/mol. The highest BCUT2D eigenvalue weighted by atomic mass is 19.2. The van der Waals surface area contributed by atoms with Crippen LogP contribution in [0, 0.1) is 23.5 Å². The van der Waals surface area contributed by atoms with Crippen molar-refractivity contribution in [3.63, 3.8) is 0 Å². The predicted octanol–water partition coefficient (Wildman–Crippen LogP) is 4.29. The fraction of sp³-hybridized carbons (Fsp3) is 0.478. The second kappa shape index (κ2) is 7.22. The number of carbonyl (C=O) groups is 1. The highest BCUT2D eigenvalue weighted by molar-refractivity contribution is 5.75. The van der Waals surface area contributed by atoms with Gasteiger partial charge in [0, 0.05) is 19.2 Å². The molecular formula is C23H24F2N2O3. The number of fused-ring (bicyclic) bond motifs is 1. The Morgan fingerprint density at radius 1 is 1.20 bits per heavy atom. The van der Waals surface area contributed by atoms with Gasteiger partial charge in [0.1, 0.15) is 6.10 Å². The number of aliphatic carboxylic acids is 1. The lowest BCUT2D eigenvalue weighted by molar-refractivity contribution is -0.138. The first-order chi connectivity index (χ1) is 14.4. The van der Waals surface area contributed by atoms with E-state index in [0.717, 1.165) is 35.6 Å². The van der Waals surface area contributed by atoms with Crippen LogP contribution in [0.1, 0.15) is 48.8 Å². The third-order valence-electron chi connectivity index (χ3n) is 6.57. The number of carboxylic acids is 1. The highest BCUT2D eigenvalue weighted by Gasteiger charge is 2.44. The first-order valence-corrected chi connectivity index (χ1v) is 10.5. The quantitative estimate of drug-likeness (QED) is 0.791. The molecule has 5 rings (SSSR count). The Kier molecular flexibility index (Phi) is 4.64. The van der Waals surface area contributed by atoms with E-state index in [0.29, 0.717) is 31.8 Å². The van der Waals surface area contributed by atoms with Crippen molar-refractivity contribution < 1.29 is 23.4 Å². The molecule has 2 heterocycles. The molecule has 30 heavy (non-hydrogen) atoms. The minimum Gasteiger partial charge on any atom is -0.481 e. The summed E-state index contributed by atoms with van der Waals surface area (Å²) in [5.41, 5.74) is 3.21. The molecule has 2 fully saturated rings. The van der Waals surface area contributed by atoms with E-state index in [9.17, 15) is 13.6 Å². The third kappa shape index (κ3) is 3.50. The van der Waals surface area contributed by atoms with Gasteiger partial charge in [0.05, 0.1) is 5.92 Å². The van der Waals surface area contributed by atoms with Crippen molar-refractivity contribution in [2.45, 2.75) is 51.2 Å². The molecule has 1 aromatic carbocycles. The van der Waals surface area contributed by atoms with E-state index in [1.165, 1.54) is 0 Å². The summed E-state index contributed by atoms with van der Waals surface area (Å²) in [7, 11) is 0. The lowest BCUT2D eigenvalue weighted by Gasteiger charge is -2.33. The first-order valence-electron chi connectivity index (χ1n) is 10.5. The van der Waals surface area contributed by atoms with Crippen LogP contribution in [-0.4, -0.2) is 28.7 Å². The second-order valence-electron chi connectivity index (χ2n) is 8.88. The molecule has 0 amide bonds. The Morgan fingerprint density at radius 2 is 2.00 bits per heavy atom. The van der Waals surface area contributed by atoms with Crippen molar-refractivity contribution in [3.05, 3.63) is 52.6 Å². The number of rotatable bonds is 5. The summed E-state index contributed by atoms with van der Waals surface area (Å²) in [6.07, 6.45) is 3.17. The zero-order valence-electron chi connectivity index (χ0n) is 16.8. The molecule has 2 aromatic rings. The number of anilines is 1. The van der Waals surface area contributed by atoms with E-state index < -0.39 is 17.6 Å². The lowest BCUT2D eigenvalue weighted by atomic mass is 9.84. The van der Waals surface area contributed by atoms with Crippen molar-refractivity contribution in [1.82, 2.24) is 4.98 Å². The average molecular weight is 414 g/mol. The molecule has 2 saturated carbocycles. The zero-order valence-corrected chi connectivity index (χ0v) is 16.8. The smallest absolute Gasteiger partial charge is 0.307 e. The van der Waals surface area contributed by atoms with Crippen molar-refractivity contribution in [2.75, 3.05) is 11.4 Å². The van der Waals surface area contributed by atoms with Crippen LogP contribution >= 0.6 is 0 Å². The van der Waals surface area contributed by atoms with Crippen LogP contribution in [0.25, 0.3) is 0 Å². The molecule has 0 radical (unpaired) electrons. The largest absolute Gasteiger partial charge is 0.481 e. The van der Waals surface area contributed by atoms with Gasteiger partial charge in [0.25, 0.3) is 0 Å². The van der Waals surface area contributed by atoms with Gasteiger partial charge >= 0.3 is 5.97 Å². The number of pyridine rings is 1. The van der Waals surface area contributed by atoms with Crippen molar-refractivity contribution in [2.24, 2.45) is 11.8 Å². The fourth-order valence-corrected chi connectivity index (χ4v) is 4.65. The molecule has 1 aliphatic heterocycles. The molecule has 3 aliphatic rings. The van der Waals surface area contributed by atoms with Gasteiger partial charge in [-0.15, -0.1) is 0 Å². The van der Waals surface area contributed by atoms with Crippen molar-refractivity contribution in [1.29, 1.82) is 0 Å². The molecule has 158 valence electrons. The molecule has 5 nitrogen and oxygen atoms in total. The van der Waals surface area contributed by atoms with Crippen LogP contribution in [0.5, 0.6) is 5.88 Å². The van der Waals surface area contributed by atoms with Gasteiger partial charge in [0.2, 0.25) is 11.7 Å². The number of halogens is 2. The maximum absolute atomic E-state index is 14.5. The van der Waals surface area contributed by atoms with Crippen LogP contribution in [-0.2, 0) is 17.8 Å². The van der Waals surface area contributed by atoms with Gasteiger partial charge in [-0.2, -0.15) is 9.37 Å². The Bertz CT molecular complexity index is 1010. The van der Waals surface area contributed by atoms with Gasteiger partial charge in [-0.1, -0.05) is 25.1 Å². The van der Waals surface area contributed by atoms with E-state index in [-0.39, 0.29) is 29.6 Å². The van der Waals surface area contributed by atoms with Crippen LogP contribution < -0.4 is 9.64 Å². The van der Waals surface area contributed by atoms with Crippen molar-refractivity contribution >= 4 is 11.8 Å². The summed E-state index contributed by atoms with van der Waals surface area (Å²) < 4.78 is 34.5. The van der Waals surface area contributed by atoms with Gasteiger partial charge in [0.15, 0.2) is 11.6 Å². The second-order valence-corrected chi connectivity index (χ2v) is 8.88. The van der Waals surface area contributed by atoms with E-state index in [1.807, 2.05) is 12.1 Å². The fourth-order valence-electron chi connectivity index (χ4n) is 4.65. The Morgan fingerprint density at radius 3 is 2.70 bits per heavy atom. The summed E-state index contributed by atoms with van der Waals surface area (Å²) in [4.78, 5) is 17.2. The molecule has 0 saturated heterocycles.